The summed E-state index contributed by atoms with van der Waals surface area (Å²) in [6.07, 6.45) is 0. The second-order valence-electron chi connectivity index (χ2n) is 10.4. The van der Waals surface area contributed by atoms with Gasteiger partial charge in [0, 0.05) is 29.0 Å². The zero-order valence-corrected chi connectivity index (χ0v) is 22.8. The maximum Gasteiger partial charge on any atom is 0.280 e. The van der Waals surface area contributed by atoms with E-state index in [0.29, 0.717) is 40.0 Å². The van der Waals surface area contributed by atoms with E-state index >= 15 is 0 Å². The maximum atomic E-state index is 14.4. The van der Waals surface area contributed by atoms with Crippen LogP contribution in [0, 0.1) is 13.8 Å². The molecule has 2 amide bonds. The zero-order chi connectivity index (χ0) is 27.6. The Hall–Kier alpha value is -4.59. The molecular weight excluding hydrogens is 492 g/mol. The third-order valence-electron chi connectivity index (χ3n) is 7.56. The van der Waals surface area contributed by atoms with Crippen molar-refractivity contribution in [1.29, 1.82) is 0 Å². The Morgan fingerprint density at radius 1 is 0.923 bits per heavy atom. The fraction of sp³-hybridized carbons (Fsp3) is 0.258. The third kappa shape index (κ3) is 3.34. The molecule has 3 aromatic carbocycles. The van der Waals surface area contributed by atoms with Crippen LogP contribution in [0.1, 0.15) is 52.8 Å². The Morgan fingerprint density at radius 3 is 2.38 bits per heavy atom. The van der Waals surface area contributed by atoms with E-state index in [1.807, 2.05) is 86.9 Å². The highest BCUT2D eigenvalue weighted by molar-refractivity contribution is 6.23. The van der Waals surface area contributed by atoms with Crippen molar-refractivity contribution < 1.29 is 19.1 Å². The molecule has 1 aromatic heterocycles. The van der Waals surface area contributed by atoms with Crippen LogP contribution in [-0.2, 0) is 10.3 Å². The molecule has 0 saturated heterocycles. The van der Waals surface area contributed by atoms with Crippen molar-refractivity contribution in [2.75, 3.05) is 24.4 Å². The number of methoxy groups -OCH3 is 2. The van der Waals surface area contributed by atoms with Crippen molar-refractivity contribution in [3.05, 3.63) is 88.7 Å². The number of hydrogen-bond donors (Lipinski definition) is 1. The Morgan fingerprint density at radius 2 is 1.69 bits per heavy atom. The van der Waals surface area contributed by atoms with Gasteiger partial charge < -0.3 is 19.4 Å². The summed E-state index contributed by atoms with van der Waals surface area (Å²) in [6.45, 7) is 8.00. The zero-order valence-electron chi connectivity index (χ0n) is 22.8. The van der Waals surface area contributed by atoms with Gasteiger partial charge in [-0.1, -0.05) is 24.3 Å². The number of imidazole rings is 1. The molecule has 198 valence electrons. The van der Waals surface area contributed by atoms with Gasteiger partial charge >= 0.3 is 0 Å². The van der Waals surface area contributed by atoms with Gasteiger partial charge in [0.15, 0.2) is 11.2 Å². The van der Waals surface area contributed by atoms with E-state index in [4.69, 9.17) is 14.5 Å². The van der Waals surface area contributed by atoms with Crippen molar-refractivity contribution in [1.82, 2.24) is 9.55 Å². The van der Waals surface area contributed by atoms with Gasteiger partial charge in [0.25, 0.3) is 11.8 Å². The lowest BCUT2D eigenvalue weighted by Crippen LogP contribution is -2.51. The number of fused-ring (bicyclic) bond motifs is 4. The number of aromatic nitrogens is 2. The average Bonchev–Trinajstić information content (AvgIpc) is 3.52. The number of benzene rings is 3. The highest BCUT2D eigenvalue weighted by Gasteiger charge is 2.64. The fourth-order valence-corrected chi connectivity index (χ4v) is 5.91. The molecule has 1 atom stereocenters. The minimum atomic E-state index is -1.43. The minimum Gasteiger partial charge on any atom is -0.497 e. The van der Waals surface area contributed by atoms with E-state index in [2.05, 4.69) is 5.32 Å². The standard InChI is InChI=1S/C31H30N4O4/c1-17(2)34-27-26(33-28(34)22-12-11-21(38-5)16-25(22)39-6)29(36)35(20-9-7-8-18(3)14-20)31(27)23-13-10-19(4)15-24(23)32-30(31)37/h7-17H,1-6H3,(H,32,37). The lowest BCUT2D eigenvalue weighted by Gasteiger charge is -2.36. The summed E-state index contributed by atoms with van der Waals surface area (Å²) in [4.78, 5) is 35.2. The molecule has 8 nitrogen and oxygen atoms in total. The first-order valence-corrected chi connectivity index (χ1v) is 12.9. The Labute approximate surface area is 227 Å². The van der Waals surface area contributed by atoms with Crippen molar-refractivity contribution in [2.24, 2.45) is 0 Å². The first-order chi connectivity index (χ1) is 18.7. The number of carbonyl (C=O) groups excluding carboxylic acids is 2. The molecule has 6 rings (SSSR count). The van der Waals surface area contributed by atoms with Crippen molar-refractivity contribution in [3.8, 4) is 22.9 Å². The minimum absolute atomic E-state index is 0.132. The Balaban J connectivity index is 1.71. The molecule has 1 N–H and O–H groups in total. The van der Waals surface area contributed by atoms with E-state index in [9.17, 15) is 9.59 Å². The molecule has 2 aliphatic rings. The molecule has 0 bridgehead atoms. The first-order valence-electron chi connectivity index (χ1n) is 12.9. The number of hydrogen-bond acceptors (Lipinski definition) is 5. The molecule has 0 saturated carbocycles. The molecule has 1 spiro atoms. The normalized spacial score (nSPS) is 17.6. The van der Waals surface area contributed by atoms with E-state index < -0.39 is 5.54 Å². The number of nitrogens with zero attached hydrogens (tertiary/aromatic N) is 3. The first kappa shape index (κ1) is 24.7. The van der Waals surface area contributed by atoms with E-state index in [-0.39, 0.29) is 23.6 Å². The second-order valence-corrected chi connectivity index (χ2v) is 10.4. The quantitative estimate of drug-likeness (QED) is 0.368. The predicted molar refractivity (Wildman–Crippen MR) is 150 cm³/mol. The van der Waals surface area contributed by atoms with Gasteiger partial charge in [-0.05, 0) is 69.2 Å². The monoisotopic (exact) mass is 522 g/mol. The summed E-state index contributed by atoms with van der Waals surface area (Å²) in [7, 11) is 3.18. The number of nitrogens with one attached hydrogen (secondary N) is 1. The summed E-state index contributed by atoms with van der Waals surface area (Å²) in [5.74, 6) is 1.14. The number of ether oxygens (including phenoxy) is 2. The molecule has 8 heteroatoms. The Kier molecular flexibility index (Phi) is 5.53. The number of carbonyl (C=O) groups is 2. The van der Waals surface area contributed by atoms with Crippen molar-refractivity contribution in [3.63, 3.8) is 0 Å². The summed E-state index contributed by atoms with van der Waals surface area (Å²) in [5, 5.41) is 3.08. The highest BCUT2D eigenvalue weighted by atomic mass is 16.5. The van der Waals surface area contributed by atoms with E-state index in [1.54, 1.807) is 25.2 Å². The highest BCUT2D eigenvalue weighted by Crippen LogP contribution is 2.54. The van der Waals surface area contributed by atoms with Crippen LogP contribution < -0.4 is 19.7 Å². The summed E-state index contributed by atoms with van der Waals surface area (Å²) in [6, 6.07) is 18.9. The molecule has 0 aliphatic carbocycles. The van der Waals surface area contributed by atoms with Crippen LogP contribution in [0.2, 0.25) is 0 Å². The number of amides is 2. The molecule has 0 radical (unpaired) electrons. The lowest BCUT2D eigenvalue weighted by molar-refractivity contribution is -0.119. The van der Waals surface area contributed by atoms with Crippen LogP contribution in [0.15, 0.2) is 60.7 Å². The summed E-state index contributed by atoms with van der Waals surface area (Å²) in [5.41, 5.74) is 4.13. The van der Waals surface area contributed by atoms with E-state index in [0.717, 1.165) is 16.7 Å². The van der Waals surface area contributed by atoms with Gasteiger partial charge in [-0.2, -0.15) is 0 Å². The second kappa shape index (κ2) is 8.73. The van der Waals surface area contributed by atoms with Gasteiger partial charge in [-0.3, -0.25) is 14.5 Å². The Bertz CT molecular complexity index is 1670. The molecule has 4 aromatic rings. The third-order valence-corrected chi connectivity index (χ3v) is 7.56. The topological polar surface area (TPSA) is 85.7 Å². The average molecular weight is 523 g/mol. The van der Waals surface area contributed by atoms with Crippen LogP contribution in [0.4, 0.5) is 11.4 Å². The SMILES string of the molecule is COc1ccc(-c2nc3c(n2C(C)C)C2(C(=O)Nc4cc(C)ccc42)N(c2cccc(C)c2)C3=O)c(OC)c1. The van der Waals surface area contributed by atoms with Gasteiger partial charge in [0.1, 0.15) is 17.3 Å². The fourth-order valence-electron chi connectivity index (χ4n) is 5.91. The molecule has 2 aliphatic heterocycles. The van der Waals surface area contributed by atoms with Gasteiger partial charge in [0.2, 0.25) is 0 Å². The van der Waals surface area contributed by atoms with Crippen LogP contribution >= 0.6 is 0 Å². The molecule has 1 unspecified atom stereocenters. The largest absolute Gasteiger partial charge is 0.497 e. The van der Waals surface area contributed by atoms with E-state index in [1.165, 1.54) is 0 Å². The smallest absolute Gasteiger partial charge is 0.280 e. The van der Waals surface area contributed by atoms with Crippen LogP contribution in [0.3, 0.4) is 0 Å². The van der Waals surface area contributed by atoms with Crippen molar-refractivity contribution in [2.45, 2.75) is 39.3 Å². The number of anilines is 2. The van der Waals surface area contributed by atoms with Crippen molar-refractivity contribution >= 4 is 23.2 Å². The summed E-state index contributed by atoms with van der Waals surface area (Å²) >= 11 is 0. The molecule has 3 heterocycles. The molecule has 0 fully saturated rings. The number of aryl methyl sites for hydroxylation is 2. The maximum absolute atomic E-state index is 14.4. The lowest BCUT2D eigenvalue weighted by atomic mass is 9.86. The molecule has 39 heavy (non-hydrogen) atoms. The van der Waals surface area contributed by atoms with Gasteiger partial charge in [-0.25, -0.2) is 4.98 Å². The van der Waals surface area contributed by atoms with Crippen LogP contribution in [0.5, 0.6) is 11.5 Å². The van der Waals surface area contributed by atoms with Crippen LogP contribution in [-0.4, -0.2) is 35.6 Å². The number of rotatable bonds is 5. The summed E-state index contributed by atoms with van der Waals surface area (Å²) < 4.78 is 13.1. The predicted octanol–water partition coefficient (Wildman–Crippen LogP) is 5.62. The van der Waals surface area contributed by atoms with Gasteiger partial charge in [-0.15, -0.1) is 0 Å². The van der Waals surface area contributed by atoms with Crippen LogP contribution in [0.25, 0.3) is 11.4 Å². The molecular formula is C31H30N4O4. The van der Waals surface area contributed by atoms with Gasteiger partial charge in [0.05, 0.1) is 25.5 Å².